The second-order valence-corrected chi connectivity index (χ2v) is 5.04. The van der Waals surface area contributed by atoms with Crippen molar-refractivity contribution in [3.8, 4) is 0 Å². The summed E-state index contributed by atoms with van der Waals surface area (Å²) in [5.41, 5.74) is 0.0564. The molecule has 1 aromatic heterocycles. The number of furan rings is 1. The molecule has 0 saturated carbocycles. The first-order valence-electron chi connectivity index (χ1n) is 6.29. The molecule has 0 bridgehead atoms. The molecule has 1 N–H and O–H groups in total. The first-order valence-corrected chi connectivity index (χ1v) is 7.08. The summed E-state index contributed by atoms with van der Waals surface area (Å²) in [4.78, 5) is 23.0. The summed E-state index contributed by atoms with van der Waals surface area (Å²) >= 11 is 3.11. The fourth-order valence-electron chi connectivity index (χ4n) is 1.52. The standard InChI is InChI=1S/C15H10BrF2NO4/c16-13-5-2-10(23-13)3-6-15(21)22-8-14(20)19-9-1-4-11(17)12(18)7-9/h1-7H,8H2,(H,19,20)/b6-3+. The monoisotopic (exact) mass is 385 g/mol. The highest BCUT2D eigenvalue weighted by Crippen LogP contribution is 2.15. The van der Waals surface area contributed by atoms with Gasteiger partial charge in [-0.25, -0.2) is 13.6 Å². The molecule has 0 spiro atoms. The van der Waals surface area contributed by atoms with Crippen molar-refractivity contribution in [3.05, 3.63) is 58.5 Å². The molecule has 120 valence electrons. The first-order chi connectivity index (χ1) is 10.9. The average molecular weight is 386 g/mol. The fraction of sp³-hybridized carbons (Fsp3) is 0.0667. The van der Waals surface area contributed by atoms with Crippen molar-refractivity contribution in [2.75, 3.05) is 11.9 Å². The van der Waals surface area contributed by atoms with E-state index < -0.39 is 30.1 Å². The van der Waals surface area contributed by atoms with Crippen LogP contribution in [-0.4, -0.2) is 18.5 Å². The van der Waals surface area contributed by atoms with Crippen LogP contribution in [0.4, 0.5) is 14.5 Å². The number of carbonyl (C=O) groups is 2. The number of hydrogen-bond acceptors (Lipinski definition) is 4. The summed E-state index contributed by atoms with van der Waals surface area (Å²) in [5, 5.41) is 2.27. The number of amides is 1. The van der Waals surface area contributed by atoms with Gasteiger partial charge in [0.05, 0.1) is 0 Å². The average Bonchev–Trinajstić information content (AvgIpc) is 2.92. The maximum absolute atomic E-state index is 13.0. The SMILES string of the molecule is O=C(COC(=O)/C=C/c1ccc(Br)o1)Nc1ccc(F)c(F)c1. The van der Waals surface area contributed by atoms with Gasteiger partial charge < -0.3 is 14.5 Å². The lowest BCUT2D eigenvalue weighted by Gasteiger charge is -2.05. The van der Waals surface area contributed by atoms with Gasteiger partial charge in [0.15, 0.2) is 22.9 Å². The molecule has 0 radical (unpaired) electrons. The Bertz CT molecular complexity index is 758. The predicted molar refractivity (Wildman–Crippen MR) is 81.4 cm³/mol. The Hall–Kier alpha value is -2.48. The number of rotatable bonds is 5. The molecular weight excluding hydrogens is 376 g/mol. The Morgan fingerprint density at radius 3 is 2.65 bits per heavy atom. The lowest BCUT2D eigenvalue weighted by atomic mass is 10.3. The second kappa shape index (κ2) is 7.68. The van der Waals surface area contributed by atoms with Gasteiger partial charge in [0.1, 0.15) is 5.76 Å². The Morgan fingerprint density at radius 1 is 1.22 bits per heavy atom. The molecular formula is C15H10BrF2NO4. The van der Waals surface area contributed by atoms with Crippen molar-refractivity contribution in [3.63, 3.8) is 0 Å². The smallest absolute Gasteiger partial charge is 0.331 e. The van der Waals surface area contributed by atoms with Crippen LogP contribution in [0.5, 0.6) is 0 Å². The van der Waals surface area contributed by atoms with E-state index in [9.17, 15) is 18.4 Å². The summed E-state index contributed by atoms with van der Waals surface area (Å²) in [6, 6.07) is 6.17. The van der Waals surface area contributed by atoms with Gasteiger partial charge in [-0.1, -0.05) is 0 Å². The van der Waals surface area contributed by atoms with Crippen molar-refractivity contribution in [1.82, 2.24) is 0 Å². The summed E-state index contributed by atoms with van der Waals surface area (Å²) in [7, 11) is 0. The Balaban J connectivity index is 1.80. The maximum atomic E-state index is 13.0. The number of nitrogens with one attached hydrogen (secondary N) is 1. The maximum Gasteiger partial charge on any atom is 0.331 e. The van der Waals surface area contributed by atoms with Gasteiger partial charge in [0, 0.05) is 17.8 Å². The van der Waals surface area contributed by atoms with Crippen molar-refractivity contribution in [1.29, 1.82) is 0 Å². The number of ether oxygens (including phenoxy) is 1. The van der Waals surface area contributed by atoms with E-state index in [1.807, 2.05) is 0 Å². The zero-order valence-electron chi connectivity index (χ0n) is 11.5. The van der Waals surface area contributed by atoms with E-state index in [0.717, 1.165) is 18.2 Å². The van der Waals surface area contributed by atoms with Crippen LogP contribution in [0.1, 0.15) is 5.76 Å². The zero-order chi connectivity index (χ0) is 16.8. The van der Waals surface area contributed by atoms with Gasteiger partial charge in [0.2, 0.25) is 0 Å². The summed E-state index contributed by atoms with van der Waals surface area (Å²) in [6.07, 6.45) is 2.47. The number of anilines is 1. The van der Waals surface area contributed by atoms with Crippen LogP contribution < -0.4 is 5.32 Å². The van der Waals surface area contributed by atoms with E-state index in [-0.39, 0.29) is 5.69 Å². The summed E-state index contributed by atoms with van der Waals surface area (Å²) in [6.45, 7) is -0.565. The van der Waals surface area contributed by atoms with E-state index in [2.05, 4.69) is 21.2 Å². The van der Waals surface area contributed by atoms with Crippen molar-refractivity contribution >= 4 is 39.6 Å². The lowest BCUT2D eigenvalue weighted by molar-refractivity contribution is -0.142. The van der Waals surface area contributed by atoms with Gasteiger partial charge in [0.25, 0.3) is 5.91 Å². The normalized spacial score (nSPS) is 10.7. The summed E-state index contributed by atoms with van der Waals surface area (Å²) < 4.78 is 36.1. The van der Waals surface area contributed by atoms with Crippen LogP contribution in [0.25, 0.3) is 6.08 Å². The highest BCUT2D eigenvalue weighted by molar-refractivity contribution is 9.10. The van der Waals surface area contributed by atoms with Gasteiger partial charge in [-0.15, -0.1) is 0 Å². The third-order valence-electron chi connectivity index (χ3n) is 2.53. The van der Waals surface area contributed by atoms with E-state index >= 15 is 0 Å². The molecule has 0 saturated heterocycles. The van der Waals surface area contributed by atoms with Crippen LogP contribution in [0.2, 0.25) is 0 Å². The quantitative estimate of drug-likeness (QED) is 0.631. The molecule has 0 fully saturated rings. The molecule has 0 aliphatic rings. The summed E-state index contributed by atoms with van der Waals surface area (Å²) in [5.74, 6) is -3.12. The van der Waals surface area contributed by atoms with Crippen LogP contribution in [0, 0.1) is 11.6 Å². The van der Waals surface area contributed by atoms with E-state index in [1.165, 1.54) is 12.1 Å². The van der Waals surface area contributed by atoms with Crippen LogP contribution in [-0.2, 0) is 14.3 Å². The molecule has 1 heterocycles. The number of benzene rings is 1. The molecule has 0 aliphatic heterocycles. The van der Waals surface area contributed by atoms with Gasteiger partial charge in [-0.3, -0.25) is 4.79 Å². The van der Waals surface area contributed by atoms with E-state index in [0.29, 0.717) is 10.4 Å². The van der Waals surface area contributed by atoms with Gasteiger partial charge in [-0.05, 0) is 46.3 Å². The van der Waals surface area contributed by atoms with E-state index in [1.54, 1.807) is 12.1 Å². The zero-order valence-corrected chi connectivity index (χ0v) is 13.1. The minimum Gasteiger partial charge on any atom is -0.452 e. The topological polar surface area (TPSA) is 68.5 Å². The number of esters is 1. The molecule has 2 rings (SSSR count). The molecule has 0 unspecified atom stereocenters. The Kier molecular flexibility index (Phi) is 5.64. The van der Waals surface area contributed by atoms with Crippen molar-refractivity contribution in [2.45, 2.75) is 0 Å². The van der Waals surface area contributed by atoms with Crippen molar-refractivity contribution in [2.24, 2.45) is 0 Å². The second-order valence-electron chi connectivity index (χ2n) is 4.26. The van der Waals surface area contributed by atoms with Crippen LogP contribution >= 0.6 is 15.9 Å². The molecule has 5 nitrogen and oxygen atoms in total. The Labute approximate surface area is 138 Å². The highest BCUT2D eigenvalue weighted by Gasteiger charge is 2.08. The number of hydrogen-bond donors (Lipinski definition) is 1. The Morgan fingerprint density at radius 2 is 2.00 bits per heavy atom. The third kappa shape index (κ3) is 5.33. The highest BCUT2D eigenvalue weighted by atomic mass is 79.9. The minimum atomic E-state index is -1.09. The van der Waals surface area contributed by atoms with Gasteiger partial charge in [-0.2, -0.15) is 0 Å². The van der Waals surface area contributed by atoms with Crippen molar-refractivity contribution < 1.29 is 27.5 Å². The van der Waals surface area contributed by atoms with Crippen LogP contribution in [0.3, 0.4) is 0 Å². The molecule has 0 atom stereocenters. The third-order valence-corrected chi connectivity index (χ3v) is 2.95. The largest absolute Gasteiger partial charge is 0.452 e. The molecule has 2 aromatic rings. The molecule has 1 aromatic carbocycles. The number of carbonyl (C=O) groups excluding carboxylic acids is 2. The van der Waals surface area contributed by atoms with E-state index in [4.69, 9.17) is 9.15 Å². The van der Waals surface area contributed by atoms with Gasteiger partial charge >= 0.3 is 5.97 Å². The predicted octanol–water partition coefficient (Wildman–Crippen LogP) is 3.52. The fourth-order valence-corrected chi connectivity index (χ4v) is 1.84. The molecule has 23 heavy (non-hydrogen) atoms. The molecule has 8 heteroatoms. The molecule has 1 amide bonds. The van der Waals surface area contributed by atoms with Crippen LogP contribution in [0.15, 0.2) is 45.5 Å². The number of halogens is 3. The lowest BCUT2D eigenvalue weighted by Crippen LogP contribution is -2.20. The minimum absolute atomic E-state index is 0.0564. The first kappa shape index (κ1) is 16.9. The molecule has 0 aliphatic carbocycles.